The summed E-state index contributed by atoms with van der Waals surface area (Å²) >= 11 is 0. The third kappa shape index (κ3) is 62.3. The van der Waals surface area contributed by atoms with Crippen LogP contribution in [0.4, 0.5) is 0 Å². The standard InChI is InChI=1S/C71H116O6/c1-4-7-10-13-16-19-22-25-28-30-32-33-34-35-36-37-39-40-43-46-49-52-55-58-61-64-70(73)76-67-68(66-75-69(72)63-60-57-54-51-48-45-42-27-24-21-18-15-12-9-6-3)77-71(74)65-62-59-56-53-50-47-44-41-38-31-29-26-23-20-17-14-11-8-5-2/h8-9,11-12,17-18,20-22,25-27,29-30,32,34-35,38,41-42,48,51,68H,4-7,10,13-16,19,23-24,28,31,33,36-37,39-40,43-47,49-50,52-67H2,1-3H3/b11-8-,12-9-,20-17-,21-18-,25-22-,29-26-,32-30-,35-34-,41-38-,42-27-,51-48-. The van der Waals surface area contributed by atoms with E-state index in [4.69, 9.17) is 14.2 Å². The quantitative estimate of drug-likeness (QED) is 0.0261. The molecule has 0 aliphatic heterocycles. The van der Waals surface area contributed by atoms with Crippen LogP contribution in [-0.4, -0.2) is 37.2 Å². The molecular weight excluding hydrogens is 949 g/mol. The van der Waals surface area contributed by atoms with E-state index in [0.717, 1.165) is 135 Å². The van der Waals surface area contributed by atoms with Crippen molar-refractivity contribution in [2.24, 2.45) is 0 Å². The van der Waals surface area contributed by atoms with Crippen molar-refractivity contribution >= 4 is 17.9 Å². The molecule has 1 unspecified atom stereocenters. The lowest BCUT2D eigenvalue weighted by molar-refractivity contribution is -0.167. The van der Waals surface area contributed by atoms with Crippen LogP contribution in [0.3, 0.4) is 0 Å². The van der Waals surface area contributed by atoms with Crippen LogP contribution >= 0.6 is 0 Å². The number of unbranched alkanes of at least 4 members (excludes halogenated alkanes) is 23. The average Bonchev–Trinajstić information content (AvgIpc) is 3.43. The highest BCUT2D eigenvalue weighted by atomic mass is 16.6. The van der Waals surface area contributed by atoms with E-state index in [0.29, 0.717) is 19.3 Å². The first-order valence-electron chi connectivity index (χ1n) is 31.7. The van der Waals surface area contributed by atoms with E-state index in [1.807, 2.05) is 0 Å². The summed E-state index contributed by atoms with van der Waals surface area (Å²) in [5, 5.41) is 0. The van der Waals surface area contributed by atoms with Crippen LogP contribution < -0.4 is 0 Å². The molecule has 6 nitrogen and oxygen atoms in total. The number of rotatable bonds is 56. The maximum absolute atomic E-state index is 12.9. The minimum Gasteiger partial charge on any atom is -0.462 e. The molecule has 0 aromatic rings. The Hall–Kier alpha value is -4.45. The van der Waals surface area contributed by atoms with Crippen molar-refractivity contribution in [1.29, 1.82) is 0 Å². The van der Waals surface area contributed by atoms with E-state index in [2.05, 4.69) is 154 Å². The summed E-state index contributed by atoms with van der Waals surface area (Å²) in [7, 11) is 0. The van der Waals surface area contributed by atoms with Crippen LogP contribution in [0.15, 0.2) is 134 Å². The van der Waals surface area contributed by atoms with Crippen LogP contribution in [0.1, 0.15) is 278 Å². The van der Waals surface area contributed by atoms with Gasteiger partial charge in [0, 0.05) is 19.3 Å². The molecular formula is C71H116O6. The molecule has 0 heterocycles. The third-order valence-corrected chi connectivity index (χ3v) is 13.1. The van der Waals surface area contributed by atoms with E-state index >= 15 is 0 Å². The lowest BCUT2D eigenvalue weighted by Crippen LogP contribution is -2.30. The number of carbonyl (C=O) groups is 3. The van der Waals surface area contributed by atoms with E-state index in [9.17, 15) is 14.4 Å². The molecule has 0 aromatic carbocycles. The molecule has 77 heavy (non-hydrogen) atoms. The summed E-state index contributed by atoms with van der Waals surface area (Å²) in [6.45, 7) is 6.36. The van der Waals surface area contributed by atoms with Gasteiger partial charge in [-0.2, -0.15) is 0 Å². The molecule has 0 spiro atoms. The first-order valence-corrected chi connectivity index (χ1v) is 31.7. The maximum Gasteiger partial charge on any atom is 0.306 e. The molecule has 0 amide bonds. The van der Waals surface area contributed by atoms with Gasteiger partial charge in [-0.25, -0.2) is 0 Å². The van der Waals surface area contributed by atoms with Gasteiger partial charge >= 0.3 is 17.9 Å². The Balaban J connectivity index is 4.43. The summed E-state index contributed by atoms with van der Waals surface area (Å²) in [5.74, 6) is -0.963. The van der Waals surface area contributed by atoms with E-state index in [-0.39, 0.29) is 31.1 Å². The molecule has 0 aliphatic carbocycles. The molecule has 0 aliphatic rings. The largest absolute Gasteiger partial charge is 0.462 e. The van der Waals surface area contributed by atoms with Gasteiger partial charge in [0.25, 0.3) is 0 Å². The zero-order valence-electron chi connectivity index (χ0n) is 49.9. The maximum atomic E-state index is 12.9. The fourth-order valence-electron chi connectivity index (χ4n) is 8.43. The van der Waals surface area contributed by atoms with Crippen molar-refractivity contribution in [3.8, 4) is 0 Å². The van der Waals surface area contributed by atoms with Gasteiger partial charge in [0.05, 0.1) is 0 Å². The van der Waals surface area contributed by atoms with Crippen molar-refractivity contribution in [3.63, 3.8) is 0 Å². The normalized spacial score (nSPS) is 13.0. The summed E-state index contributed by atoms with van der Waals surface area (Å²) in [6, 6.07) is 0. The Bertz CT molecular complexity index is 1650. The molecule has 0 bridgehead atoms. The zero-order chi connectivity index (χ0) is 55.7. The molecule has 0 fully saturated rings. The van der Waals surface area contributed by atoms with E-state index in [1.54, 1.807) is 0 Å². The second kappa shape index (κ2) is 64.1. The van der Waals surface area contributed by atoms with E-state index in [1.165, 1.54) is 103 Å². The number of hydrogen-bond donors (Lipinski definition) is 0. The monoisotopic (exact) mass is 1060 g/mol. The number of allylic oxidation sites excluding steroid dienone is 22. The molecule has 0 aromatic heterocycles. The Kier molecular flexibility index (Phi) is 60.4. The molecule has 6 heteroatoms. The number of esters is 3. The van der Waals surface area contributed by atoms with Crippen LogP contribution in [0.5, 0.6) is 0 Å². The Morgan fingerprint density at radius 2 is 0.506 bits per heavy atom. The minimum atomic E-state index is -0.811. The molecule has 0 saturated carbocycles. The molecule has 0 N–H and O–H groups in total. The molecule has 1 atom stereocenters. The lowest BCUT2D eigenvalue weighted by atomic mass is 10.1. The Morgan fingerprint density at radius 3 is 0.818 bits per heavy atom. The highest BCUT2D eigenvalue weighted by Crippen LogP contribution is 2.15. The van der Waals surface area contributed by atoms with Gasteiger partial charge in [0.15, 0.2) is 6.10 Å². The predicted octanol–water partition coefficient (Wildman–Crippen LogP) is 21.8. The number of hydrogen-bond acceptors (Lipinski definition) is 6. The van der Waals surface area contributed by atoms with Gasteiger partial charge in [-0.05, 0) is 135 Å². The van der Waals surface area contributed by atoms with Crippen molar-refractivity contribution in [2.45, 2.75) is 284 Å². The van der Waals surface area contributed by atoms with Crippen LogP contribution in [0.25, 0.3) is 0 Å². The third-order valence-electron chi connectivity index (χ3n) is 13.1. The minimum absolute atomic E-state index is 0.103. The highest BCUT2D eigenvalue weighted by molar-refractivity contribution is 5.71. The second-order valence-corrected chi connectivity index (χ2v) is 20.5. The van der Waals surface area contributed by atoms with Gasteiger partial charge in [0.2, 0.25) is 0 Å². The number of ether oxygens (including phenoxy) is 3. The van der Waals surface area contributed by atoms with Crippen molar-refractivity contribution in [1.82, 2.24) is 0 Å². The first-order chi connectivity index (χ1) is 38.0. The summed E-state index contributed by atoms with van der Waals surface area (Å²) in [5.41, 5.74) is 0. The highest BCUT2D eigenvalue weighted by Gasteiger charge is 2.19. The Morgan fingerprint density at radius 1 is 0.273 bits per heavy atom. The first kappa shape index (κ1) is 72.5. The predicted molar refractivity (Wildman–Crippen MR) is 334 cm³/mol. The van der Waals surface area contributed by atoms with Crippen LogP contribution in [0, 0.1) is 0 Å². The van der Waals surface area contributed by atoms with Gasteiger partial charge in [-0.3, -0.25) is 14.4 Å². The average molecular weight is 1070 g/mol. The van der Waals surface area contributed by atoms with E-state index < -0.39 is 6.10 Å². The Labute approximate surface area is 475 Å². The van der Waals surface area contributed by atoms with Crippen LogP contribution in [-0.2, 0) is 28.6 Å². The van der Waals surface area contributed by atoms with Gasteiger partial charge in [0.1, 0.15) is 13.2 Å². The number of carbonyl (C=O) groups excluding carboxylic acids is 3. The molecule has 436 valence electrons. The van der Waals surface area contributed by atoms with Gasteiger partial charge < -0.3 is 14.2 Å². The fraction of sp³-hybridized carbons (Fsp3) is 0.648. The molecule has 0 radical (unpaired) electrons. The van der Waals surface area contributed by atoms with Gasteiger partial charge in [-0.1, -0.05) is 257 Å². The smallest absolute Gasteiger partial charge is 0.306 e. The summed E-state index contributed by atoms with van der Waals surface area (Å²) in [6.07, 6.45) is 90.3. The topological polar surface area (TPSA) is 78.9 Å². The van der Waals surface area contributed by atoms with Gasteiger partial charge in [-0.15, -0.1) is 0 Å². The SMILES string of the molecule is CC/C=C\C/C=C\C/C=C\C/C=C\CCCCCCCCC(=O)OC(COC(=O)CCCC/C=C\C/C=C\C/C=C\C/C=C\CC)COC(=O)CCCCCCCCCCCC/C=C\C/C=C\C/C=C\CCCCCCC. The summed E-state index contributed by atoms with van der Waals surface area (Å²) in [4.78, 5) is 38.3. The van der Waals surface area contributed by atoms with Crippen molar-refractivity contribution < 1.29 is 28.6 Å². The van der Waals surface area contributed by atoms with Crippen molar-refractivity contribution in [3.05, 3.63) is 134 Å². The second-order valence-electron chi connectivity index (χ2n) is 20.5. The fourth-order valence-corrected chi connectivity index (χ4v) is 8.43. The molecule has 0 saturated heterocycles. The summed E-state index contributed by atoms with van der Waals surface area (Å²) < 4.78 is 16.9. The molecule has 0 rings (SSSR count). The van der Waals surface area contributed by atoms with Crippen LogP contribution in [0.2, 0.25) is 0 Å². The van der Waals surface area contributed by atoms with Crippen molar-refractivity contribution in [2.75, 3.05) is 13.2 Å². The zero-order valence-corrected chi connectivity index (χ0v) is 49.9. The lowest BCUT2D eigenvalue weighted by Gasteiger charge is -2.18.